The topological polar surface area (TPSA) is 21.6 Å². The minimum atomic E-state index is 0.159. The van der Waals surface area contributed by atoms with Crippen LogP contribution in [-0.2, 0) is 0 Å². The van der Waals surface area contributed by atoms with Crippen LogP contribution in [0.1, 0.15) is 37.0 Å². The Morgan fingerprint density at radius 2 is 1.95 bits per heavy atom. The molecule has 2 aromatic rings. The summed E-state index contributed by atoms with van der Waals surface area (Å²) < 4.78 is 5.77. The second kappa shape index (κ2) is 7.46. The van der Waals surface area contributed by atoms with Crippen molar-refractivity contribution in [2.24, 2.45) is 4.99 Å². The summed E-state index contributed by atoms with van der Waals surface area (Å²) in [6.45, 7) is 8.27. The number of aliphatic imine (C=N–C) groups is 1. The minimum Gasteiger partial charge on any atom is -0.489 e. The molecule has 0 N–H and O–H groups in total. The molecule has 0 fully saturated rings. The van der Waals surface area contributed by atoms with Crippen molar-refractivity contribution >= 4 is 23.5 Å². The van der Waals surface area contributed by atoms with Crippen LogP contribution in [0.15, 0.2) is 41.4 Å². The molecule has 22 heavy (non-hydrogen) atoms. The third-order valence-corrected chi connectivity index (χ3v) is 3.86. The fourth-order valence-electron chi connectivity index (χ4n) is 2.09. The van der Waals surface area contributed by atoms with Gasteiger partial charge in [0.25, 0.3) is 0 Å². The van der Waals surface area contributed by atoms with Crippen molar-refractivity contribution < 1.29 is 4.74 Å². The summed E-state index contributed by atoms with van der Waals surface area (Å²) in [4.78, 5) is 4.54. The van der Waals surface area contributed by atoms with Gasteiger partial charge in [0, 0.05) is 6.21 Å². The van der Waals surface area contributed by atoms with Gasteiger partial charge in [-0.05, 0) is 62.6 Å². The van der Waals surface area contributed by atoms with Crippen molar-refractivity contribution in [3.8, 4) is 5.75 Å². The van der Waals surface area contributed by atoms with Crippen molar-refractivity contribution in [1.29, 1.82) is 0 Å². The highest BCUT2D eigenvalue weighted by Crippen LogP contribution is 2.27. The number of aryl methyl sites for hydroxylation is 2. The zero-order valence-electron chi connectivity index (χ0n) is 13.6. The highest BCUT2D eigenvalue weighted by atomic mass is 35.5. The maximum Gasteiger partial charge on any atom is 0.138 e. The molecular weight excluding hydrogens is 294 g/mol. The van der Waals surface area contributed by atoms with Crippen LogP contribution in [0, 0.1) is 13.8 Å². The molecule has 0 radical (unpaired) electrons. The molecule has 0 heterocycles. The fourth-order valence-corrected chi connectivity index (χ4v) is 2.32. The van der Waals surface area contributed by atoms with Crippen molar-refractivity contribution in [3.63, 3.8) is 0 Å². The molecule has 116 valence electrons. The maximum atomic E-state index is 6.28. The van der Waals surface area contributed by atoms with Crippen molar-refractivity contribution in [2.75, 3.05) is 0 Å². The highest BCUT2D eigenvalue weighted by molar-refractivity contribution is 6.32. The molecule has 0 saturated heterocycles. The van der Waals surface area contributed by atoms with E-state index in [1.165, 1.54) is 11.1 Å². The average molecular weight is 316 g/mol. The molecule has 0 spiro atoms. The largest absolute Gasteiger partial charge is 0.489 e. The summed E-state index contributed by atoms with van der Waals surface area (Å²) in [5.41, 5.74) is 4.34. The second-order valence-electron chi connectivity index (χ2n) is 5.57. The summed E-state index contributed by atoms with van der Waals surface area (Å²) >= 11 is 6.28. The molecule has 2 aromatic carbocycles. The van der Waals surface area contributed by atoms with Crippen LogP contribution in [0.2, 0.25) is 5.02 Å². The molecule has 0 unspecified atom stereocenters. The first-order valence-electron chi connectivity index (χ1n) is 7.57. The molecule has 2 rings (SSSR count). The highest BCUT2D eigenvalue weighted by Gasteiger charge is 2.06. The number of hydrogen-bond acceptors (Lipinski definition) is 2. The van der Waals surface area contributed by atoms with Gasteiger partial charge in [0.05, 0.1) is 16.8 Å². The lowest BCUT2D eigenvalue weighted by Crippen LogP contribution is -2.09. The van der Waals surface area contributed by atoms with E-state index >= 15 is 0 Å². The fraction of sp³-hybridized carbons (Fsp3) is 0.316. The third kappa shape index (κ3) is 4.35. The summed E-state index contributed by atoms with van der Waals surface area (Å²) in [6, 6.07) is 12.0. The normalized spacial score (nSPS) is 12.6. The van der Waals surface area contributed by atoms with E-state index in [-0.39, 0.29) is 6.10 Å². The molecule has 2 nitrogen and oxygen atoms in total. The van der Waals surface area contributed by atoms with Gasteiger partial charge in [0.2, 0.25) is 0 Å². The van der Waals surface area contributed by atoms with E-state index in [1.807, 2.05) is 37.4 Å². The van der Waals surface area contributed by atoms with Gasteiger partial charge in [-0.25, -0.2) is 0 Å². The predicted octanol–water partition coefficient (Wildman–Crippen LogP) is 5.88. The zero-order chi connectivity index (χ0) is 16.1. The molecule has 0 aliphatic heterocycles. The Labute approximate surface area is 137 Å². The van der Waals surface area contributed by atoms with Crippen LogP contribution >= 0.6 is 11.6 Å². The summed E-state index contributed by atoms with van der Waals surface area (Å²) in [6.07, 6.45) is 2.94. The van der Waals surface area contributed by atoms with Gasteiger partial charge in [0.1, 0.15) is 5.75 Å². The van der Waals surface area contributed by atoms with Crippen LogP contribution in [0.4, 0.5) is 5.69 Å². The first-order chi connectivity index (χ1) is 10.5. The second-order valence-corrected chi connectivity index (χ2v) is 5.98. The van der Waals surface area contributed by atoms with Crippen LogP contribution in [-0.4, -0.2) is 12.3 Å². The monoisotopic (exact) mass is 315 g/mol. The molecule has 0 bridgehead atoms. The van der Waals surface area contributed by atoms with Crippen LogP contribution in [0.5, 0.6) is 5.75 Å². The summed E-state index contributed by atoms with van der Waals surface area (Å²) in [7, 11) is 0. The molecule has 0 aromatic heterocycles. The van der Waals surface area contributed by atoms with E-state index in [2.05, 4.69) is 37.9 Å². The molecule has 0 saturated carbocycles. The van der Waals surface area contributed by atoms with Crippen molar-refractivity contribution in [3.05, 3.63) is 58.1 Å². The molecule has 0 aliphatic rings. The standard InChI is InChI=1S/C19H22ClNO/c1-5-15(4)22-19-9-7-16(11-17(19)20)12-21-18-8-6-13(2)10-14(18)3/h6-12,15H,5H2,1-4H3/t15-/m0/s1. The maximum absolute atomic E-state index is 6.28. The average Bonchev–Trinajstić information content (AvgIpc) is 2.48. The lowest BCUT2D eigenvalue weighted by Gasteiger charge is -2.13. The number of benzene rings is 2. The van der Waals surface area contributed by atoms with E-state index in [4.69, 9.17) is 16.3 Å². The smallest absolute Gasteiger partial charge is 0.138 e. The number of ether oxygens (including phenoxy) is 1. The van der Waals surface area contributed by atoms with Gasteiger partial charge >= 0.3 is 0 Å². The van der Waals surface area contributed by atoms with Gasteiger partial charge in [-0.1, -0.05) is 36.2 Å². The van der Waals surface area contributed by atoms with E-state index in [9.17, 15) is 0 Å². The zero-order valence-corrected chi connectivity index (χ0v) is 14.3. The van der Waals surface area contributed by atoms with E-state index < -0.39 is 0 Å². The van der Waals surface area contributed by atoms with Crippen LogP contribution in [0.25, 0.3) is 0 Å². The van der Waals surface area contributed by atoms with E-state index in [0.717, 1.165) is 23.4 Å². The quantitative estimate of drug-likeness (QED) is 0.631. The lowest BCUT2D eigenvalue weighted by atomic mass is 10.1. The Kier molecular flexibility index (Phi) is 5.62. The third-order valence-electron chi connectivity index (χ3n) is 3.56. The van der Waals surface area contributed by atoms with Gasteiger partial charge in [-0.2, -0.15) is 0 Å². The number of hydrogen-bond donors (Lipinski definition) is 0. The van der Waals surface area contributed by atoms with Gasteiger partial charge < -0.3 is 4.74 Å². The first kappa shape index (κ1) is 16.6. The molecule has 0 amide bonds. The Balaban J connectivity index is 2.16. The lowest BCUT2D eigenvalue weighted by molar-refractivity contribution is 0.217. The summed E-state index contributed by atoms with van der Waals surface area (Å²) in [5, 5.41) is 0.616. The van der Waals surface area contributed by atoms with Crippen LogP contribution < -0.4 is 4.74 Å². The Morgan fingerprint density at radius 1 is 1.18 bits per heavy atom. The van der Waals surface area contributed by atoms with E-state index in [1.54, 1.807) is 0 Å². The summed E-state index contributed by atoms with van der Waals surface area (Å²) in [5.74, 6) is 0.722. The predicted molar refractivity (Wildman–Crippen MR) is 95.0 cm³/mol. The Hall–Kier alpha value is -1.80. The number of halogens is 1. The SMILES string of the molecule is CC[C@H](C)Oc1ccc(C=Nc2ccc(C)cc2C)cc1Cl. The Bertz CT molecular complexity index is 679. The van der Waals surface area contributed by atoms with Crippen molar-refractivity contribution in [1.82, 2.24) is 0 Å². The number of nitrogens with zero attached hydrogens (tertiary/aromatic N) is 1. The van der Waals surface area contributed by atoms with Gasteiger partial charge in [0.15, 0.2) is 0 Å². The first-order valence-corrected chi connectivity index (χ1v) is 7.95. The minimum absolute atomic E-state index is 0.159. The number of rotatable bonds is 5. The van der Waals surface area contributed by atoms with Crippen LogP contribution in [0.3, 0.4) is 0 Å². The molecule has 3 heteroatoms. The molecule has 1 atom stereocenters. The van der Waals surface area contributed by atoms with Crippen molar-refractivity contribution in [2.45, 2.75) is 40.2 Å². The van der Waals surface area contributed by atoms with Gasteiger partial charge in [-0.15, -0.1) is 0 Å². The van der Waals surface area contributed by atoms with E-state index in [0.29, 0.717) is 5.02 Å². The molecular formula is C19H22ClNO. The Morgan fingerprint density at radius 3 is 2.59 bits per heavy atom. The van der Waals surface area contributed by atoms with Gasteiger partial charge in [-0.3, -0.25) is 4.99 Å². The molecule has 0 aliphatic carbocycles.